The molecule has 0 aliphatic rings. The zero-order valence-corrected chi connectivity index (χ0v) is 9.78. The summed E-state index contributed by atoms with van der Waals surface area (Å²) in [6.45, 7) is 0. The highest BCUT2D eigenvalue weighted by Crippen LogP contribution is 2.25. The molecule has 0 N–H and O–H groups in total. The first-order valence-corrected chi connectivity index (χ1v) is 5.24. The SMILES string of the molecule is COC(=O)c1nc(-c2c(F)cccc2F)ccc1F. The van der Waals surface area contributed by atoms with Gasteiger partial charge in [0, 0.05) is 0 Å². The third kappa shape index (κ3) is 2.42. The second kappa shape index (κ2) is 5.09. The van der Waals surface area contributed by atoms with Gasteiger partial charge in [0.1, 0.15) is 11.6 Å². The van der Waals surface area contributed by atoms with Crippen molar-refractivity contribution < 1.29 is 22.7 Å². The van der Waals surface area contributed by atoms with Gasteiger partial charge in [-0.3, -0.25) is 0 Å². The van der Waals surface area contributed by atoms with Gasteiger partial charge in [0.25, 0.3) is 0 Å². The molecule has 98 valence electrons. The van der Waals surface area contributed by atoms with Crippen LogP contribution in [0.4, 0.5) is 13.2 Å². The van der Waals surface area contributed by atoms with Gasteiger partial charge in [-0.2, -0.15) is 0 Å². The van der Waals surface area contributed by atoms with Crippen molar-refractivity contribution in [3.8, 4) is 11.3 Å². The number of hydrogen-bond donors (Lipinski definition) is 0. The fraction of sp³-hybridized carbons (Fsp3) is 0.0769. The van der Waals surface area contributed by atoms with Gasteiger partial charge in [0.15, 0.2) is 11.5 Å². The largest absolute Gasteiger partial charge is 0.464 e. The van der Waals surface area contributed by atoms with Crippen LogP contribution in [0, 0.1) is 17.5 Å². The van der Waals surface area contributed by atoms with Crippen LogP contribution >= 0.6 is 0 Å². The topological polar surface area (TPSA) is 39.2 Å². The number of rotatable bonds is 2. The molecule has 1 aromatic carbocycles. The van der Waals surface area contributed by atoms with E-state index >= 15 is 0 Å². The van der Waals surface area contributed by atoms with Gasteiger partial charge in [-0.05, 0) is 24.3 Å². The molecule has 6 heteroatoms. The fourth-order valence-corrected chi connectivity index (χ4v) is 1.56. The van der Waals surface area contributed by atoms with Crippen LogP contribution < -0.4 is 0 Å². The van der Waals surface area contributed by atoms with E-state index in [2.05, 4.69) is 9.72 Å². The second-order valence-corrected chi connectivity index (χ2v) is 3.62. The Morgan fingerprint density at radius 1 is 1.05 bits per heavy atom. The third-order valence-electron chi connectivity index (χ3n) is 2.44. The van der Waals surface area contributed by atoms with E-state index in [4.69, 9.17) is 0 Å². The van der Waals surface area contributed by atoms with Crippen molar-refractivity contribution in [2.24, 2.45) is 0 Å². The second-order valence-electron chi connectivity index (χ2n) is 3.62. The highest BCUT2D eigenvalue weighted by molar-refractivity contribution is 5.88. The van der Waals surface area contributed by atoms with Gasteiger partial charge >= 0.3 is 5.97 Å². The lowest BCUT2D eigenvalue weighted by molar-refractivity contribution is 0.0588. The Morgan fingerprint density at radius 3 is 2.26 bits per heavy atom. The van der Waals surface area contributed by atoms with E-state index in [9.17, 15) is 18.0 Å². The number of pyridine rings is 1. The van der Waals surface area contributed by atoms with Gasteiger partial charge < -0.3 is 4.74 Å². The Morgan fingerprint density at radius 2 is 1.68 bits per heavy atom. The molecule has 2 rings (SSSR count). The molecule has 19 heavy (non-hydrogen) atoms. The molecule has 0 aliphatic heterocycles. The van der Waals surface area contributed by atoms with Crippen LogP contribution in [0.15, 0.2) is 30.3 Å². The maximum atomic E-state index is 13.6. The standard InChI is InChI=1S/C13H8F3NO2/c1-19-13(18)12-9(16)5-6-10(17-12)11-7(14)3-2-4-8(11)15/h2-6H,1H3. The lowest BCUT2D eigenvalue weighted by Gasteiger charge is -2.06. The van der Waals surface area contributed by atoms with Gasteiger partial charge in [0.05, 0.1) is 18.4 Å². The highest BCUT2D eigenvalue weighted by Gasteiger charge is 2.18. The van der Waals surface area contributed by atoms with Crippen LogP contribution in [0.1, 0.15) is 10.5 Å². The normalized spacial score (nSPS) is 10.3. The van der Waals surface area contributed by atoms with E-state index in [0.717, 1.165) is 31.4 Å². The molecule has 0 radical (unpaired) electrons. The Bertz CT molecular complexity index is 624. The first kappa shape index (κ1) is 13.1. The monoisotopic (exact) mass is 267 g/mol. The molecule has 0 saturated carbocycles. The van der Waals surface area contributed by atoms with Crippen molar-refractivity contribution in [2.75, 3.05) is 7.11 Å². The molecule has 0 spiro atoms. The Hall–Kier alpha value is -2.37. The molecule has 1 aromatic heterocycles. The minimum Gasteiger partial charge on any atom is -0.464 e. The minimum atomic E-state index is -1.02. The summed E-state index contributed by atoms with van der Waals surface area (Å²) < 4.78 is 44.8. The van der Waals surface area contributed by atoms with E-state index < -0.39 is 34.7 Å². The van der Waals surface area contributed by atoms with Gasteiger partial charge in [-0.1, -0.05) is 6.07 Å². The summed E-state index contributed by atoms with van der Waals surface area (Å²) in [6, 6.07) is 5.27. The number of ether oxygens (including phenoxy) is 1. The maximum Gasteiger partial charge on any atom is 0.359 e. The van der Waals surface area contributed by atoms with Crippen LogP contribution in [-0.2, 0) is 4.74 Å². The van der Waals surface area contributed by atoms with Crippen molar-refractivity contribution in [1.82, 2.24) is 4.98 Å². The van der Waals surface area contributed by atoms with E-state index in [0.29, 0.717) is 0 Å². The van der Waals surface area contributed by atoms with E-state index in [1.54, 1.807) is 0 Å². The summed E-state index contributed by atoms with van der Waals surface area (Å²) in [5.41, 5.74) is -1.23. The van der Waals surface area contributed by atoms with Crippen LogP contribution in [0.25, 0.3) is 11.3 Å². The van der Waals surface area contributed by atoms with Crippen LogP contribution in [0.3, 0.4) is 0 Å². The quantitative estimate of drug-likeness (QED) is 0.785. The summed E-state index contributed by atoms with van der Waals surface area (Å²) >= 11 is 0. The minimum absolute atomic E-state index is 0.183. The average molecular weight is 267 g/mol. The van der Waals surface area contributed by atoms with E-state index in [-0.39, 0.29) is 5.69 Å². The summed E-state index contributed by atoms with van der Waals surface area (Å²) in [7, 11) is 1.06. The van der Waals surface area contributed by atoms with Crippen molar-refractivity contribution in [1.29, 1.82) is 0 Å². The van der Waals surface area contributed by atoms with Crippen molar-refractivity contribution in [3.63, 3.8) is 0 Å². The highest BCUT2D eigenvalue weighted by atomic mass is 19.1. The number of nitrogens with zero attached hydrogens (tertiary/aromatic N) is 1. The number of halogens is 3. The predicted octanol–water partition coefficient (Wildman–Crippen LogP) is 2.95. The molecular weight excluding hydrogens is 259 g/mol. The smallest absolute Gasteiger partial charge is 0.359 e. The van der Waals surface area contributed by atoms with E-state index in [1.165, 1.54) is 6.07 Å². The van der Waals surface area contributed by atoms with Crippen molar-refractivity contribution >= 4 is 5.97 Å². The van der Waals surface area contributed by atoms with Crippen LogP contribution in [0.2, 0.25) is 0 Å². The summed E-state index contributed by atoms with van der Waals surface area (Å²) in [5, 5.41) is 0. The van der Waals surface area contributed by atoms with Crippen molar-refractivity contribution in [2.45, 2.75) is 0 Å². The van der Waals surface area contributed by atoms with Gasteiger partial charge in [-0.15, -0.1) is 0 Å². The zero-order chi connectivity index (χ0) is 14.0. The van der Waals surface area contributed by atoms with Gasteiger partial charge in [-0.25, -0.2) is 22.9 Å². The molecule has 0 bridgehead atoms. The Labute approximate surface area is 106 Å². The molecule has 2 aromatic rings. The summed E-state index contributed by atoms with van der Waals surface area (Å²) in [4.78, 5) is 14.9. The predicted molar refractivity (Wildman–Crippen MR) is 60.9 cm³/mol. The number of hydrogen-bond acceptors (Lipinski definition) is 3. The fourth-order valence-electron chi connectivity index (χ4n) is 1.56. The summed E-state index contributed by atoms with van der Waals surface area (Å²) in [5.74, 6) is -3.65. The number of carbonyl (C=O) groups excluding carboxylic acids is 1. The average Bonchev–Trinajstić information content (AvgIpc) is 2.39. The van der Waals surface area contributed by atoms with Gasteiger partial charge in [0.2, 0.25) is 0 Å². The first-order chi connectivity index (χ1) is 9.04. The number of carbonyl (C=O) groups is 1. The van der Waals surface area contributed by atoms with Crippen LogP contribution in [-0.4, -0.2) is 18.1 Å². The molecule has 0 fully saturated rings. The van der Waals surface area contributed by atoms with Crippen molar-refractivity contribution in [3.05, 3.63) is 53.5 Å². The number of esters is 1. The third-order valence-corrected chi connectivity index (χ3v) is 2.44. The molecule has 0 saturated heterocycles. The molecule has 0 amide bonds. The molecule has 1 heterocycles. The molecule has 3 nitrogen and oxygen atoms in total. The number of methoxy groups -OCH3 is 1. The Balaban J connectivity index is 2.61. The zero-order valence-electron chi connectivity index (χ0n) is 9.78. The molecule has 0 aliphatic carbocycles. The Kier molecular flexibility index (Phi) is 3.50. The maximum absolute atomic E-state index is 13.6. The number of benzene rings is 1. The lowest BCUT2D eigenvalue weighted by Crippen LogP contribution is -2.08. The molecule has 0 atom stereocenters. The number of aromatic nitrogens is 1. The lowest BCUT2D eigenvalue weighted by atomic mass is 10.1. The molecule has 0 unspecified atom stereocenters. The van der Waals surface area contributed by atoms with Crippen LogP contribution in [0.5, 0.6) is 0 Å². The molecular formula is C13H8F3NO2. The summed E-state index contributed by atoms with van der Waals surface area (Å²) in [6.07, 6.45) is 0. The first-order valence-electron chi connectivity index (χ1n) is 5.24. The van der Waals surface area contributed by atoms with E-state index in [1.807, 2.05) is 0 Å².